The molecule has 0 radical (unpaired) electrons. The van der Waals surface area contributed by atoms with Gasteiger partial charge in [-0.3, -0.25) is 9.58 Å². The van der Waals surface area contributed by atoms with Crippen molar-refractivity contribution in [2.75, 3.05) is 4.90 Å². The predicted octanol–water partition coefficient (Wildman–Crippen LogP) is 4.70. The highest BCUT2D eigenvalue weighted by Gasteiger charge is 2.34. The second-order valence-corrected chi connectivity index (χ2v) is 9.22. The lowest BCUT2D eigenvalue weighted by molar-refractivity contribution is 0.345. The third-order valence-corrected chi connectivity index (χ3v) is 6.74. The van der Waals surface area contributed by atoms with Gasteiger partial charge in [0.05, 0.1) is 22.5 Å². The van der Waals surface area contributed by atoms with E-state index in [-0.39, 0.29) is 5.54 Å². The molecule has 0 unspecified atom stereocenters. The largest absolute Gasteiger partial charge is 0.461 e. The van der Waals surface area contributed by atoms with E-state index < -0.39 is 0 Å². The summed E-state index contributed by atoms with van der Waals surface area (Å²) >= 11 is 1.67. The lowest BCUT2D eigenvalue weighted by Crippen LogP contribution is -2.32. The highest BCUT2D eigenvalue weighted by Crippen LogP contribution is 2.46. The minimum Gasteiger partial charge on any atom is -0.461 e. The Labute approximate surface area is 177 Å². The third kappa shape index (κ3) is 2.53. The molecule has 2 aliphatic heterocycles. The van der Waals surface area contributed by atoms with Gasteiger partial charge in [-0.15, -0.1) is 0 Å². The van der Waals surface area contributed by atoms with Crippen LogP contribution in [0.3, 0.4) is 0 Å². The zero-order valence-corrected chi connectivity index (χ0v) is 17.7. The quantitative estimate of drug-likeness (QED) is 0.474. The highest BCUT2D eigenvalue weighted by atomic mass is 32.1. The number of fused-ring (bicyclic) bond motifs is 4. The molecule has 1 aromatic carbocycles. The molecule has 2 aliphatic rings. The molecular weight excluding hydrogens is 396 g/mol. The SMILES string of the molecule is Cn1cc(-c2ccc3c(c2)N(c2nc4c(s2)-c2nccn2C(C)(C)C4)C=CO3)cn1. The monoisotopic (exact) mass is 416 g/mol. The molecule has 8 heteroatoms. The van der Waals surface area contributed by atoms with E-state index in [1.165, 1.54) is 0 Å². The van der Waals surface area contributed by atoms with Crippen molar-refractivity contribution in [2.45, 2.75) is 25.8 Å². The minimum atomic E-state index is -0.0452. The van der Waals surface area contributed by atoms with Crippen LogP contribution in [-0.4, -0.2) is 24.3 Å². The zero-order valence-electron chi connectivity index (χ0n) is 16.9. The number of anilines is 2. The Kier molecular flexibility index (Phi) is 3.53. The number of benzene rings is 1. The maximum atomic E-state index is 5.77. The topological polar surface area (TPSA) is 61.0 Å². The summed E-state index contributed by atoms with van der Waals surface area (Å²) in [5, 5.41) is 5.21. The summed E-state index contributed by atoms with van der Waals surface area (Å²) in [5.41, 5.74) is 4.17. The van der Waals surface area contributed by atoms with Gasteiger partial charge >= 0.3 is 0 Å². The number of nitrogens with zero attached hydrogens (tertiary/aromatic N) is 6. The molecule has 0 bridgehead atoms. The van der Waals surface area contributed by atoms with Crippen molar-refractivity contribution in [2.24, 2.45) is 7.05 Å². The third-order valence-electron chi connectivity index (χ3n) is 5.65. The molecule has 6 rings (SSSR count). The molecule has 0 saturated carbocycles. The van der Waals surface area contributed by atoms with Gasteiger partial charge in [0.15, 0.2) is 16.7 Å². The molecule has 4 aromatic rings. The van der Waals surface area contributed by atoms with Crippen LogP contribution in [0.2, 0.25) is 0 Å². The number of aryl methyl sites for hydroxylation is 1. The first-order valence-electron chi connectivity index (χ1n) is 9.79. The van der Waals surface area contributed by atoms with Gasteiger partial charge < -0.3 is 9.30 Å². The molecule has 30 heavy (non-hydrogen) atoms. The van der Waals surface area contributed by atoms with Crippen LogP contribution < -0.4 is 9.64 Å². The molecule has 0 saturated heterocycles. The zero-order chi connectivity index (χ0) is 20.5. The number of aromatic nitrogens is 5. The van der Waals surface area contributed by atoms with Crippen LogP contribution in [0.4, 0.5) is 10.8 Å². The Balaban J connectivity index is 1.45. The van der Waals surface area contributed by atoms with Gasteiger partial charge in [-0.25, -0.2) is 9.97 Å². The summed E-state index contributed by atoms with van der Waals surface area (Å²) in [6, 6.07) is 6.18. The number of imidazole rings is 1. The average molecular weight is 417 g/mol. The van der Waals surface area contributed by atoms with Crippen molar-refractivity contribution in [1.82, 2.24) is 24.3 Å². The number of rotatable bonds is 2. The Hall–Kier alpha value is -3.39. The van der Waals surface area contributed by atoms with Crippen LogP contribution in [0.15, 0.2) is 55.4 Å². The lowest BCUT2D eigenvalue weighted by atomic mass is 9.94. The smallest absolute Gasteiger partial charge is 0.195 e. The molecule has 0 amide bonds. The molecular formula is C22H20N6OS. The van der Waals surface area contributed by atoms with Crippen LogP contribution in [-0.2, 0) is 19.0 Å². The van der Waals surface area contributed by atoms with E-state index in [0.29, 0.717) is 0 Å². The van der Waals surface area contributed by atoms with Crippen molar-refractivity contribution >= 4 is 22.2 Å². The second-order valence-electron chi connectivity index (χ2n) is 8.24. The molecule has 150 valence electrons. The number of thiazole rings is 1. The van der Waals surface area contributed by atoms with Crippen LogP contribution in [0.5, 0.6) is 5.75 Å². The Morgan fingerprint density at radius 3 is 2.93 bits per heavy atom. The lowest BCUT2D eigenvalue weighted by Gasteiger charge is -2.31. The van der Waals surface area contributed by atoms with E-state index in [4.69, 9.17) is 9.72 Å². The summed E-state index contributed by atoms with van der Waals surface area (Å²) in [5.74, 6) is 1.80. The van der Waals surface area contributed by atoms with E-state index in [1.54, 1.807) is 17.6 Å². The first-order valence-corrected chi connectivity index (χ1v) is 10.6. The van der Waals surface area contributed by atoms with Gasteiger partial charge in [0.25, 0.3) is 0 Å². The van der Waals surface area contributed by atoms with Crippen molar-refractivity contribution in [3.05, 3.63) is 61.1 Å². The van der Waals surface area contributed by atoms with Gasteiger partial charge in [0.1, 0.15) is 6.26 Å². The van der Waals surface area contributed by atoms with Crippen LogP contribution >= 0.6 is 11.3 Å². The van der Waals surface area contributed by atoms with E-state index in [2.05, 4.69) is 51.7 Å². The molecule has 0 N–H and O–H groups in total. The van der Waals surface area contributed by atoms with Gasteiger partial charge in [0.2, 0.25) is 0 Å². The first-order chi connectivity index (χ1) is 14.5. The Bertz CT molecular complexity index is 1310. The van der Waals surface area contributed by atoms with Gasteiger partial charge in [-0.05, 0) is 31.5 Å². The maximum Gasteiger partial charge on any atom is 0.195 e. The fourth-order valence-corrected chi connectivity index (χ4v) is 5.23. The van der Waals surface area contributed by atoms with Crippen LogP contribution in [0.1, 0.15) is 19.5 Å². The predicted molar refractivity (Wildman–Crippen MR) is 117 cm³/mol. The maximum absolute atomic E-state index is 5.77. The van der Waals surface area contributed by atoms with E-state index in [1.807, 2.05) is 42.6 Å². The molecule has 0 fully saturated rings. The number of hydrogen-bond acceptors (Lipinski definition) is 6. The second kappa shape index (κ2) is 6.06. The van der Waals surface area contributed by atoms with Gasteiger partial charge in [-0.2, -0.15) is 5.10 Å². The molecule has 7 nitrogen and oxygen atoms in total. The minimum absolute atomic E-state index is 0.0452. The summed E-state index contributed by atoms with van der Waals surface area (Å²) in [7, 11) is 1.92. The normalized spacial score (nSPS) is 16.0. The fourth-order valence-electron chi connectivity index (χ4n) is 4.16. The van der Waals surface area contributed by atoms with Gasteiger partial charge in [-0.1, -0.05) is 17.4 Å². The summed E-state index contributed by atoms with van der Waals surface area (Å²) < 4.78 is 9.83. The summed E-state index contributed by atoms with van der Waals surface area (Å²) in [6.07, 6.45) is 12.3. The standard InChI is InChI=1S/C22H20N6OS/c1-22(2)11-16-19(20-23-6-7-28(20)22)30-21(25-16)27-8-9-29-18-5-4-14(10-17(18)27)15-12-24-26(3)13-15/h4-10,12-13H,11H2,1-3H3. The van der Waals surface area contributed by atoms with E-state index >= 15 is 0 Å². The van der Waals surface area contributed by atoms with Crippen molar-refractivity contribution in [3.8, 4) is 27.6 Å². The first kappa shape index (κ1) is 17.5. The molecule has 5 heterocycles. The average Bonchev–Trinajstić information content (AvgIpc) is 3.46. The Morgan fingerprint density at radius 1 is 1.20 bits per heavy atom. The van der Waals surface area contributed by atoms with E-state index in [9.17, 15) is 0 Å². The summed E-state index contributed by atoms with van der Waals surface area (Å²) in [4.78, 5) is 12.9. The summed E-state index contributed by atoms with van der Waals surface area (Å²) in [6.45, 7) is 4.45. The highest BCUT2D eigenvalue weighted by molar-refractivity contribution is 7.19. The molecule has 0 atom stereocenters. The van der Waals surface area contributed by atoms with E-state index in [0.717, 1.165) is 50.5 Å². The van der Waals surface area contributed by atoms with Crippen molar-refractivity contribution in [3.63, 3.8) is 0 Å². The van der Waals surface area contributed by atoms with Crippen LogP contribution in [0, 0.1) is 0 Å². The Morgan fingerprint density at radius 2 is 2.10 bits per heavy atom. The van der Waals surface area contributed by atoms with Crippen molar-refractivity contribution in [1.29, 1.82) is 0 Å². The number of hydrogen-bond donors (Lipinski definition) is 0. The molecule has 3 aromatic heterocycles. The fraction of sp³-hybridized carbons (Fsp3) is 0.227. The van der Waals surface area contributed by atoms with Gasteiger partial charge in [0, 0.05) is 49.4 Å². The van der Waals surface area contributed by atoms with Crippen molar-refractivity contribution < 1.29 is 4.74 Å². The molecule has 0 spiro atoms. The molecule has 0 aliphatic carbocycles. The van der Waals surface area contributed by atoms with Crippen LogP contribution in [0.25, 0.3) is 21.8 Å². The number of ether oxygens (including phenoxy) is 1.